The highest BCUT2D eigenvalue weighted by molar-refractivity contribution is 5.85. The fourth-order valence-corrected chi connectivity index (χ4v) is 3.52. The Hall–Kier alpha value is -3.05. The third kappa shape index (κ3) is 5.76. The number of ether oxygens (including phenoxy) is 2. The van der Waals surface area contributed by atoms with E-state index in [9.17, 15) is 4.79 Å². The van der Waals surface area contributed by atoms with Crippen LogP contribution in [-0.4, -0.2) is 25.6 Å². The summed E-state index contributed by atoms with van der Waals surface area (Å²) < 4.78 is 11.6. The highest BCUT2D eigenvalue weighted by atomic mass is 16.5. The molecule has 0 spiro atoms. The van der Waals surface area contributed by atoms with E-state index in [4.69, 9.17) is 15.2 Å². The Morgan fingerprint density at radius 3 is 2.61 bits per heavy atom. The zero-order chi connectivity index (χ0) is 22.2. The Kier molecular flexibility index (Phi) is 7.90. The second kappa shape index (κ2) is 10.8. The van der Waals surface area contributed by atoms with E-state index < -0.39 is 6.04 Å². The molecule has 164 valence electrons. The molecule has 3 N–H and O–H groups in total. The number of nitrogens with two attached hydrogens (primary N) is 1. The molecule has 0 radical (unpaired) electrons. The molecular formula is C26H32N2O3. The lowest BCUT2D eigenvalue weighted by molar-refractivity contribution is -0.123. The Balaban J connectivity index is 1.60. The van der Waals surface area contributed by atoms with Crippen LogP contribution in [0.5, 0.6) is 11.5 Å². The molecule has 0 saturated carbocycles. The Morgan fingerprint density at radius 1 is 1.06 bits per heavy atom. The number of methoxy groups -OCH3 is 1. The molecule has 0 fully saturated rings. The number of hydrogen-bond acceptors (Lipinski definition) is 4. The van der Waals surface area contributed by atoms with Crippen LogP contribution in [0.1, 0.15) is 31.4 Å². The average Bonchev–Trinajstić information content (AvgIpc) is 2.81. The molecule has 0 aliphatic carbocycles. The van der Waals surface area contributed by atoms with Gasteiger partial charge in [0, 0.05) is 6.54 Å². The standard InChI is InChI=1S/C26H32N2O3/c1-4-18(2)25(27)26(29)28-15-14-19-12-13-23(24(16-19)30-3)31-17-21-10-7-9-20-8-5-6-11-22(20)21/h5-13,16,18,25H,4,14-15,17,27H2,1-3H3,(H,28,29)/t18-,25?/m0/s1. The zero-order valence-corrected chi connectivity index (χ0v) is 18.6. The van der Waals surface area contributed by atoms with Crippen LogP contribution in [0.15, 0.2) is 60.7 Å². The lowest BCUT2D eigenvalue weighted by Crippen LogP contribution is -2.45. The lowest BCUT2D eigenvalue weighted by atomic mass is 9.99. The number of carbonyl (C=O) groups is 1. The maximum absolute atomic E-state index is 12.1. The number of rotatable bonds is 10. The van der Waals surface area contributed by atoms with Gasteiger partial charge in [0.2, 0.25) is 5.91 Å². The molecule has 1 amide bonds. The first-order valence-corrected chi connectivity index (χ1v) is 10.8. The maximum atomic E-state index is 12.1. The van der Waals surface area contributed by atoms with Crippen LogP contribution < -0.4 is 20.5 Å². The van der Waals surface area contributed by atoms with E-state index in [1.165, 1.54) is 10.8 Å². The second-order valence-electron chi connectivity index (χ2n) is 7.86. The molecule has 0 aliphatic rings. The summed E-state index contributed by atoms with van der Waals surface area (Å²) in [6.45, 7) is 5.02. The molecule has 2 atom stereocenters. The number of nitrogens with one attached hydrogen (secondary N) is 1. The molecule has 1 unspecified atom stereocenters. The SMILES string of the molecule is CC[C@H](C)C(N)C(=O)NCCc1ccc(OCc2cccc3ccccc23)c(OC)c1. The van der Waals surface area contributed by atoms with Crippen LogP contribution in [0.3, 0.4) is 0 Å². The van der Waals surface area contributed by atoms with Crippen molar-refractivity contribution in [2.75, 3.05) is 13.7 Å². The summed E-state index contributed by atoms with van der Waals surface area (Å²) in [6.07, 6.45) is 1.57. The maximum Gasteiger partial charge on any atom is 0.237 e. The summed E-state index contributed by atoms with van der Waals surface area (Å²) in [6, 6.07) is 19.9. The van der Waals surface area contributed by atoms with Crippen LogP contribution >= 0.6 is 0 Å². The smallest absolute Gasteiger partial charge is 0.237 e. The summed E-state index contributed by atoms with van der Waals surface area (Å²) >= 11 is 0. The Bertz CT molecular complexity index is 1010. The van der Waals surface area contributed by atoms with Crippen LogP contribution in [0.4, 0.5) is 0 Å². The van der Waals surface area contributed by atoms with Gasteiger partial charge in [-0.2, -0.15) is 0 Å². The topological polar surface area (TPSA) is 73.6 Å². The minimum atomic E-state index is -0.468. The molecule has 0 bridgehead atoms. The first kappa shape index (κ1) is 22.6. The van der Waals surface area contributed by atoms with Crippen LogP contribution in [0.2, 0.25) is 0 Å². The number of carbonyl (C=O) groups excluding carboxylic acids is 1. The molecule has 0 heterocycles. The van der Waals surface area contributed by atoms with Crippen molar-refractivity contribution in [3.05, 3.63) is 71.8 Å². The molecule has 5 nitrogen and oxygen atoms in total. The van der Waals surface area contributed by atoms with Gasteiger partial charge in [-0.3, -0.25) is 4.79 Å². The van der Waals surface area contributed by atoms with Crippen LogP contribution in [0, 0.1) is 5.92 Å². The first-order chi connectivity index (χ1) is 15.0. The van der Waals surface area contributed by atoms with Gasteiger partial charge in [0.15, 0.2) is 11.5 Å². The Morgan fingerprint density at radius 2 is 1.84 bits per heavy atom. The molecule has 0 saturated heterocycles. The lowest BCUT2D eigenvalue weighted by Gasteiger charge is -2.18. The minimum absolute atomic E-state index is 0.101. The highest BCUT2D eigenvalue weighted by Crippen LogP contribution is 2.30. The molecule has 0 aliphatic heterocycles. The molecular weight excluding hydrogens is 388 g/mol. The van der Waals surface area contributed by atoms with Gasteiger partial charge in [0.25, 0.3) is 0 Å². The molecule has 0 aromatic heterocycles. The van der Waals surface area contributed by atoms with Crippen molar-refractivity contribution in [3.63, 3.8) is 0 Å². The molecule has 3 rings (SSSR count). The zero-order valence-electron chi connectivity index (χ0n) is 18.6. The summed E-state index contributed by atoms with van der Waals surface area (Å²) in [5.74, 6) is 1.44. The summed E-state index contributed by atoms with van der Waals surface area (Å²) in [7, 11) is 1.64. The van der Waals surface area contributed by atoms with Crippen molar-refractivity contribution < 1.29 is 14.3 Å². The largest absolute Gasteiger partial charge is 0.493 e. The minimum Gasteiger partial charge on any atom is -0.493 e. The van der Waals surface area contributed by atoms with E-state index in [1.54, 1.807) is 7.11 Å². The van der Waals surface area contributed by atoms with Crippen molar-refractivity contribution in [3.8, 4) is 11.5 Å². The Labute approximate surface area is 184 Å². The number of fused-ring (bicyclic) bond motifs is 1. The number of hydrogen-bond donors (Lipinski definition) is 2. The fraction of sp³-hybridized carbons (Fsp3) is 0.346. The monoisotopic (exact) mass is 420 g/mol. The van der Waals surface area contributed by atoms with E-state index in [1.807, 2.05) is 50.2 Å². The highest BCUT2D eigenvalue weighted by Gasteiger charge is 2.18. The van der Waals surface area contributed by atoms with Gasteiger partial charge in [0.05, 0.1) is 13.2 Å². The van der Waals surface area contributed by atoms with E-state index in [0.717, 1.165) is 17.5 Å². The normalized spacial score (nSPS) is 12.9. The van der Waals surface area contributed by atoms with E-state index in [0.29, 0.717) is 31.1 Å². The van der Waals surface area contributed by atoms with E-state index >= 15 is 0 Å². The second-order valence-corrected chi connectivity index (χ2v) is 7.86. The third-order valence-corrected chi connectivity index (χ3v) is 5.76. The quantitative estimate of drug-likeness (QED) is 0.508. The number of amides is 1. The predicted octanol–water partition coefficient (Wildman–Crippen LogP) is 4.46. The number of benzene rings is 3. The molecule has 3 aromatic rings. The average molecular weight is 421 g/mol. The van der Waals surface area contributed by atoms with Crippen molar-refractivity contribution in [1.29, 1.82) is 0 Å². The summed E-state index contributed by atoms with van der Waals surface area (Å²) in [5, 5.41) is 5.31. The van der Waals surface area contributed by atoms with Gasteiger partial charge in [-0.15, -0.1) is 0 Å². The van der Waals surface area contributed by atoms with Gasteiger partial charge >= 0.3 is 0 Å². The van der Waals surface area contributed by atoms with Gasteiger partial charge < -0.3 is 20.5 Å². The van der Waals surface area contributed by atoms with E-state index in [-0.39, 0.29) is 11.8 Å². The summed E-state index contributed by atoms with van der Waals surface area (Å²) in [5.41, 5.74) is 8.17. The van der Waals surface area contributed by atoms with Crippen molar-refractivity contribution in [1.82, 2.24) is 5.32 Å². The predicted molar refractivity (Wildman–Crippen MR) is 125 cm³/mol. The summed E-state index contributed by atoms with van der Waals surface area (Å²) in [4.78, 5) is 12.1. The fourth-order valence-electron chi connectivity index (χ4n) is 3.52. The van der Waals surface area contributed by atoms with Gasteiger partial charge in [-0.25, -0.2) is 0 Å². The first-order valence-electron chi connectivity index (χ1n) is 10.8. The van der Waals surface area contributed by atoms with Gasteiger partial charge in [0.1, 0.15) is 6.61 Å². The van der Waals surface area contributed by atoms with E-state index in [2.05, 4.69) is 29.6 Å². The third-order valence-electron chi connectivity index (χ3n) is 5.76. The van der Waals surface area contributed by atoms with Crippen LogP contribution in [0.25, 0.3) is 10.8 Å². The van der Waals surface area contributed by atoms with Gasteiger partial charge in [-0.1, -0.05) is 68.8 Å². The van der Waals surface area contributed by atoms with Gasteiger partial charge in [-0.05, 0) is 46.4 Å². The molecule has 5 heteroatoms. The molecule has 3 aromatic carbocycles. The van der Waals surface area contributed by atoms with Crippen LogP contribution in [-0.2, 0) is 17.8 Å². The van der Waals surface area contributed by atoms with Crippen molar-refractivity contribution in [2.45, 2.75) is 39.3 Å². The van der Waals surface area contributed by atoms with Crippen molar-refractivity contribution in [2.24, 2.45) is 11.7 Å². The molecule has 31 heavy (non-hydrogen) atoms. The van der Waals surface area contributed by atoms with Crippen molar-refractivity contribution >= 4 is 16.7 Å².